The largest absolute Gasteiger partial charge is 0.335 e. The summed E-state index contributed by atoms with van der Waals surface area (Å²) in [5.74, 6) is 1.08. The average Bonchev–Trinajstić information content (AvgIpc) is 3.72. The molecule has 0 aliphatic heterocycles. The summed E-state index contributed by atoms with van der Waals surface area (Å²) >= 11 is 0. The summed E-state index contributed by atoms with van der Waals surface area (Å²) in [5.41, 5.74) is 7.33. The van der Waals surface area contributed by atoms with E-state index in [0.29, 0.717) is 28.2 Å². The van der Waals surface area contributed by atoms with E-state index in [1.807, 2.05) is 24.7 Å². The lowest BCUT2D eigenvalue weighted by Crippen LogP contribution is -2.20. The van der Waals surface area contributed by atoms with Gasteiger partial charge in [0.1, 0.15) is 11.5 Å². The highest BCUT2D eigenvalue weighted by atomic mass is 19.1. The molecule has 39 heavy (non-hydrogen) atoms. The predicted octanol–water partition coefficient (Wildman–Crippen LogP) is 6.04. The number of pyridine rings is 3. The van der Waals surface area contributed by atoms with Crippen LogP contribution in [-0.2, 0) is 6.54 Å². The van der Waals surface area contributed by atoms with Gasteiger partial charge in [0, 0.05) is 48.0 Å². The summed E-state index contributed by atoms with van der Waals surface area (Å²) in [6, 6.07) is 10.7. The van der Waals surface area contributed by atoms with Crippen molar-refractivity contribution in [1.82, 2.24) is 40.4 Å². The Morgan fingerprint density at radius 3 is 2.69 bits per heavy atom. The molecule has 5 aromatic heterocycles. The first-order valence-corrected chi connectivity index (χ1v) is 13.3. The monoisotopic (exact) mass is 518 g/mol. The molecule has 0 atom stereocenters. The number of imidazole rings is 1. The van der Waals surface area contributed by atoms with Crippen molar-refractivity contribution in [1.29, 1.82) is 0 Å². The molecule has 0 radical (unpaired) electrons. The molecule has 0 bridgehead atoms. The van der Waals surface area contributed by atoms with E-state index >= 15 is 0 Å². The van der Waals surface area contributed by atoms with E-state index in [-0.39, 0.29) is 5.82 Å². The van der Waals surface area contributed by atoms with Crippen molar-refractivity contribution in [3.63, 3.8) is 0 Å². The van der Waals surface area contributed by atoms with Crippen LogP contribution in [0.4, 0.5) is 4.39 Å². The lowest BCUT2D eigenvalue weighted by Gasteiger charge is -2.11. The summed E-state index contributed by atoms with van der Waals surface area (Å²) in [6.45, 7) is 1.86. The van der Waals surface area contributed by atoms with Crippen LogP contribution in [0.3, 0.4) is 0 Å². The molecule has 194 valence electrons. The molecule has 8 nitrogen and oxygen atoms in total. The minimum absolute atomic E-state index is 0.305. The molecule has 1 fully saturated rings. The first-order chi connectivity index (χ1) is 19.2. The standard InChI is InChI=1S/C30H27FN8/c31-23-7-3-6-20(9-23)25-16-34-17-26-27(25)37-30(36-26)28-24-10-22(15-35-29(24)39-38-28)21-8-19(13-33-14-21)12-32-11-18-4-1-2-5-18/h3,6-10,13-18,32H,1-2,4-5,11-12H2,(H,36,37)(H,35,38,39). The van der Waals surface area contributed by atoms with E-state index in [1.54, 1.807) is 18.5 Å². The van der Waals surface area contributed by atoms with Gasteiger partial charge in [0.25, 0.3) is 0 Å². The first-order valence-electron chi connectivity index (χ1n) is 13.3. The average molecular weight is 519 g/mol. The van der Waals surface area contributed by atoms with Gasteiger partial charge in [-0.2, -0.15) is 5.10 Å². The SMILES string of the molecule is Fc1cccc(-c2cncc3[nH]c(-c4n[nH]c5ncc(-c6cncc(CNCC7CCCC7)c6)cc45)nc23)c1. The number of aromatic nitrogens is 7. The van der Waals surface area contributed by atoms with Gasteiger partial charge in [0.15, 0.2) is 11.5 Å². The van der Waals surface area contributed by atoms with Crippen LogP contribution in [0.1, 0.15) is 31.2 Å². The maximum absolute atomic E-state index is 13.9. The number of benzene rings is 1. The highest BCUT2D eigenvalue weighted by Gasteiger charge is 2.17. The van der Waals surface area contributed by atoms with Gasteiger partial charge >= 0.3 is 0 Å². The van der Waals surface area contributed by atoms with Crippen molar-refractivity contribution in [2.24, 2.45) is 5.92 Å². The number of nitrogens with zero attached hydrogens (tertiary/aromatic N) is 5. The number of fused-ring (bicyclic) bond motifs is 2. The fourth-order valence-electron chi connectivity index (χ4n) is 5.53. The van der Waals surface area contributed by atoms with E-state index in [2.05, 4.69) is 47.6 Å². The maximum atomic E-state index is 13.9. The molecule has 0 spiro atoms. The molecule has 1 saturated carbocycles. The van der Waals surface area contributed by atoms with Crippen molar-refractivity contribution in [2.75, 3.05) is 6.54 Å². The lowest BCUT2D eigenvalue weighted by molar-refractivity contribution is 0.489. The van der Waals surface area contributed by atoms with Crippen molar-refractivity contribution >= 4 is 22.1 Å². The van der Waals surface area contributed by atoms with Crippen LogP contribution in [0.2, 0.25) is 0 Å². The second kappa shape index (κ2) is 9.99. The molecule has 1 aromatic carbocycles. The molecule has 0 saturated heterocycles. The number of hydrogen-bond acceptors (Lipinski definition) is 6. The Bertz CT molecular complexity index is 1780. The summed E-state index contributed by atoms with van der Waals surface area (Å²) in [6.07, 6.45) is 14.4. The molecule has 6 aromatic rings. The number of nitrogens with one attached hydrogen (secondary N) is 3. The third kappa shape index (κ3) is 4.66. The van der Waals surface area contributed by atoms with Gasteiger partial charge < -0.3 is 10.3 Å². The smallest absolute Gasteiger partial charge is 0.159 e. The van der Waals surface area contributed by atoms with E-state index in [9.17, 15) is 4.39 Å². The van der Waals surface area contributed by atoms with Gasteiger partial charge in [0.05, 0.1) is 22.6 Å². The Morgan fingerprint density at radius 1 is 0.923 bits per heavy atom. The number of aromatic amines is 2. The lowest BCUT2D eigenvalue weighted by atomic mass is 10.1. The summed E-state index contributed by atoms with van der Waals surface area (Å²) in [5, 5.41) is 12.0. The zero-order valence-electron chi connectivity index (χ0n) is 21.3. The van der Waals surface area contributed by atoms with Crippen LogP contribution in [0.25, 0.3) is 55.8 Å². The fourth-order valence-corrected chi connectivity index (χ4v) is 5.53. The molecule has 1 aliphatic carbocycles. The summed E-state index contributed by atoms with van der Waals surface area (Å²) < 4.78 is 13.9. The van der Waals surface area contributed by atoms with Gasteiger partial charge in [-0.3, -0.25) is 15.1 Å². The van der Waals surface area contributed by atoms with Gasteiger partial charge in [0.2, 0.25) is 0 Å². The van der Waals surface area contributed by atoms with Crippen LogP contribution < -0.4 is 5.32 Å². The number of H-pyrrole nitrogens is 2. The number of rotatable bonds is 7. The van der Waals surface area contributed by atoms with Crippen molar-refractivity contribution in [3.8, 4) is 33.8 Å². The van der Waals surface area contributed by atoms with E-state index in [4.69, 9.17) is 4.98 Å². The predicted molar refractivity (Wildman–Crippen MR) is 149 cm³/mol. The number of hydrogen-bond donors (Lipinski definition) is 3. The Labute approximate surface area is 224 Å². The van der Waals surface area contributed by atoms with Crippen molar-refractivity contribution in [3.05, 3.63) is 78.8 Å². The van der Waals surface area contributed by atoms with E-state index in [0.717, 1.165) is 52.2 Å². The quantitative estimate of drug-likeness (QED) is 0.238. The van der Waals surface area contributed by atoms with Crippen LogP contribution >= 0.6 is 0 Å². The van der Waals surface area contributed by atoms with Crippen LogP contribution in [-0.4, -0.2) is 41.7 Å². The highest BCUT2D eigenvalue weighted by molar-refractivity contribution is 5.96. The normalized spacial score (nSPS) is 14.1. The molecular weight excluding hydrogens is 491 g/mol. The highest BCUT2D eigenvalue weighted by Crippen LogP contribution is 2.32. The third-order valence-corrected chi connectivity index (χ3v) is 7.54. The molecule has 3 N–H and O–H groups in total. The van der Waals surface area contributed by atoms with Crippen molar-refractivity contribution < 1.29 is 4.39 Å². The maximum Gasteiger partial charge on any atom is 0.159 e. The summed E-state index contributed by atoms with van der Waals surface area (Å²) in [7, 11) is 0. The van der Waals surface area contributed by atoms with Gasteiger partial charge in [-0.1, -0.05) is 25.0 Å². The molecule has 5 heterocycles. The Hall–Kier alpha value is -4.50. The van der Waals surface area contributed by atoms with Crippen LogP contribution in [0, 0.1) is 11.7 Å². The van der Waals surface area contributed by atoms with Crippen LogP contribution in [0.5, 0.6) is 0 Å². The Kier molecular flexibility index (Phi) is 6.05. The van der Waals surface area contributed by atoms with Gasteiger partial charge in [-0.25, -0.2) is 14.4 Å². The molecule has 9 heteroatoms. The van der Waals surface area contributed by atoms with Gasteiger partial charge in [-0.05, 0) is 60.7 Å². The van der Waals surface area contributed by atoms with Gasteiger partial charge in [-0.15, -0.1) is 0 Å². The molecule has 7 rings (SSSR count). The molecule has 0 unspecified atom stereocenters. The Balaban J connectivity index is 1.20. The summed E-state index contributed by atoms with van der Waals surface area (Å²) in [4.78, 5) is 21.6. The minimum atomic E-state index is -0.305. The minimum Gasteiger partial charge on any atom is -0.335 e. The first kappa shape index (κ1) is 23.6. The zero-order chi connectivity index (χ0) is 26.2. The second-order valence-electron chi connectivity index (χ2n) is 10.2. The van der Waals surface area contributed by atoms with Crippen LogP contribution in [0.15, 0.2) is 67.4 Å². The second-order valence-corrected chi connectivity index (χ2v) is 10.2. The van der Waals surface area contributed by atoms with Crippen molar-refractivity contribution in [2.45, 2.75) is 32.2 Å². The molecular formula is C30H27FN8. The number of halogens is 1. The zero-order valence-corrected chi connectivity index (χ0v) is 21.3. The molecule has 1 aliphatic rings. The fraction of sp³-hybridized carbons (Fsp3) is 0.233. The molecule has 0 amide bonds. The van der Waals surface area contributed by atoms with E-state index in [1.165, 1.54) is 37.8 Å². The van der Waals surface area contributed by atoms with E-state index < -0.39 is 0 Å². The Morgan fingerprint density at radius 2 is 1.79 bits per heavy atom. The topological polar surface area (TPSA) is 108 Å². The third-order valence-electron chi connectivity index (χ3n) is 7.54.